The summed E-state index contributed by atoms with van der Waals surface area (Å²) in [6.07, 6.45) is 16.0. The lowest BCUT2D eigenvalue weighted by molar-refractivity contribution is 0.0533. The fraction of sp³-hybridized carbons (Fsp3) is 0.875. The van der Waals surface area contributed by atoms with Crippen LogP contribution in [0.5, 0.6) is 0 Å². The minimum Gasteiger partial charge on any atom is -0.389 e. The third-order valence-electron chi connectivity index (χ3n) is 4.97. The van der Waals surface area contributed by atoms with E-state index in [2.05, 4.69) is 22.6 Å². The summed E-state index contributed by atoms with van der Waals surface area (Å²) in [5.74, 6) is 2.51. The second-order valence-corrected chi connectivity index (χ2v) is 7.06. The molecule has 2 aliphatic rings. The van der Waals surface area contributed by atoms with Crippen molar-refractivity contribution < 1.29 is 5.11 Å². The van der Waals surface area contributed by atoms with Crippen molar-refractivity contribution in [1.29, 1.82) is 0 Å². The van der Waals surface area contributed by atoms with Crippen molar-refractivity contribution in [2.45, 2.75) is 70.3 Å². The highest BCUT2D eigenvalue weighted by molar-refractivity contribution is 14.1. The van der Waals surface area contributed by atoms with Crippen LogP contribution in [-0.2, 0) is 0 Å². The number of aliphatic hydroxyl groups is 1. The summed E-state index contributed by atoms with van der Waals surface area (Å²) in [5, 5.41) is 9.82. The predicted octanol–water partition coefficient (Wildman–Crippen LogP) is 5.07. The van der Waals surface area contributed by atoms with E-state index in [1.54, 1.807) is 0 Å². The van der Waals surface area contributed by atoms with Crippen molar-refractivity contribution in [3.8, 4) is 0 Å². The summed E-state index contributed by atoms with van der Waals surface area (Å²) < 4.78 is 1.94. The summed E-state index contributed by atoms with van der Waals surface area (Å²) >= 11 is 2.19. The molecule has 104 valence electrons. The van der Waals surface area contributed by atoms with Gasteiger partial charge < -0.3 is 5.11 Å². The van der Waals surface area contributed by atoms with Crippen molar-refractivity contribution in [2.75, 3.05) is 0 Å². The van der Waals surface area contributed by atoms with Crippen molar-refractivity contribution in [3.05, 3.63) is 10.2 Å². The van der Waals surface area contributed by atoms with Gasteiger partial charge in [0.05, 0.1) is 6.10 Å². The zero-order valence-corrected chi connectivity index (χ0v) is 13.5. The average molecular weight is 362 g/mol. The van der Waals surface area contributed by atoms with E-state index in [0.29, 0.717) is 5.92 Å². The molecule has 0 spiro atoms. The molecule has 1 atom stereocenters. The Hall–Kier alpha value is 0.430. The Morgan fingerprint density at radius 2 is 1.72 bits per heavy atom. The van der Waals surface area contributed by atoms with Crippen LogP contribution in [0.4, 0.5) is 0 Å². The van der Waals surface area contributed by atoms with E-state index in [4.69, 9.17) is 0 Å². The van der Waals surface area contributed by atoms with Crippen LogP contribution >= 0.6 is 22.6 Å². The van der Waals surface area contributed by atoms with Crippen molar-refractivity contribution >= 4 is 22.6 Å². The van der Waals surface area contributed by atoms with Crippen LogP contribution in [0.3, 0.4) is 0 Å². The Balaban J connectivity index is 1.51. The van der Waals surface area contributed by atoms with E-state index < -0.39 is 0 Å². The largest absolute Gasteiger partial charge is 0.389 e. The zero-order valence-electron chi connectivity index (χ0n) is 11.4. The first-order valence-electron chi connectivity index (χ1n) is 7.74. The zero-order chi connectivity index (χ0) is 12.8. The first kappa shape index (κ1) is 14.8. The standard InChI is InChI=1S/C16H27IO/c17-10-9-16(18)15-11-14(12-15)8-4-7-13-5-2-1-3-6-13/h9-10,13-16,18H,1-8,11-12H2. The van der Waals surface area contributed by atoms with Gasteiger partial charge in [-0.2, -0.15) is 0 Å². The van der Waals surface area contributed by atoms with Crippen LogP contribution in [0.2, 0.25) is 0 Å². The number of hydrogen-bond donors (Lipinski definition) is 1. The van der Waals surface area contributed by atoms with Crippen LogP contribution < -0.4 is 0 Å². The summed E-state index contributed by atoms with van der Waals surface area (Å²) in [6.45, 7) is 0. The maximum atomic E-state index is 9.82. The Bertz CT molecular complexity index is 252. The van der Waals surface area contributed by atoms with Gasteiger partial charge in [-0.15, -0.1) is 0 Å². The van der Waals surface area contributed by atoms with Gasteiger partial charge in [0.25, 0.3) is 0 Å². The SMILES string of the molecule is OC(C=CI)C1CC(CCCC2CCCCC2)C1. The van der Waals surface area contributed by atoms with Crippen molar-refractivity contribution in [2.24, 2.45) is 17.8 Å². The summed E-state index contributed by atoms with van der Waals surface area (Å²) in [5.41, 5.74) is 0. The molecule has 2 saturated carbocycles. The van der Waals surface area contributed by atoms with Gasteiger partial charge in [-0.3, -0.25) is 0 Å². The van der Waals surface area contributed by atoms with Gasteiger partial charge in [0.2, 0.25) is 0 Å². The molecule has 0 aromatic rings. The normalized spacial score (nSPS) is 31.4. The molecule has 0 aromatic heterocycles. The summed E-state index contributed by atoms with van der Waals surface area (Å²) in [6, 6.07) is 0. The molecule has 0 heterocycles. The van der Waals surface area contributed by atoms with Gasteiger partial charge in [-0.25, -0.2) is 0 Å². The molecular weight excluding hydrogens is 335 g/mol. The minimum absolute atomic E-state index is 0.184. The Morgan fingerprint density at radius 3 is 2.39 bits per heavy atom. The molecule has 0 amide bonds. The molecule has 1 unspecified atom stereocenters. The van der Waals surface area contributed by atoms with Crippen LogP contribution in [0.25, 0.3) is 0 Å². The first-order chi connectivity index (χ1) is 8.79. The molecule has 2 fully saturated rings. The molecule has 1 N–H and O–H groups in total. The highest BCUT2D eigenvalue weighted by Crippen LogP contribution is 2.40. The molecule has 2 heteroatoms. The van der Waals surface area contributed by atoms with Crippen molar-refractivity contribution in [3.63, 3.8) is 0 Å². The number of aliphatic hydroxyl groups excluding tert-OH is 1. The van der Waals surface area contributed by atoms with Crippen LogP contribution in [0, 0.1) is 17.8 Å². The maximum Gasteiger partial charge on any atom is 0.0756 e. The number of halogens is 1. The Labute approximate surface area is 126 Å². The maximum absolute atomic E-state index is 9.82. The molecule has 0 aliphatic heterocycles. The lowest BCUT2D eigenvalue weighted by atomic mass is 9.69. The minimum atomic E-state index is -0.184. The number of rotatable bonds is 6. The molecule has 0 saturated heterocycles. The topological polar surface area (TPSA) is 20.2 Å². The molecule has 2 rings (SSSR count). The van der Waals surface area contributed by atoms with E-state index in [9.17, 15) is 5.11 Å². The molecular formula is C16H27IO. The van der Waals surface area contributed by atoms with Gasteiger partial charge in [-0.05, 0) is 40.8 Å². The number of hydrogen-bond acceptors (Lipinski definition) is 1. The molecule has 18 heavy (non-hydrogen) atoms. The molecule has 0 radical (unpaired) electrons. The highest BCUT2D eigenvalue weighted by atomic mass is 127. The van der Waals surface area contributed by atoms with E-state index in [0.717, 1.165) is 11.8 Å². The Kier molecular flexibility index (Phi) is 6.50. The second-order valence-electron chi connectivity index (χ2n) is 6.34. The van der Waals surface area contributed by atoms with Crippen LogP contribution in [-0.4, -0.2) is 11.2 Å². The second kappa shape index (κ2) is 7.88. The lowest BCUT2D eigenvalue weighted by Gasteiger charge is -2.37. The quantitative estimate of drug-likeness (QED) is 0.654. The first-order valence-corrected chi connectivity index (χ1v) is 8.99. The fourth-order valence-electron chi connectivity index (χ4n) is 3.70. The third kappa shape index (κ3) is 4.52. The van der Waals surface area contributed by atoms with Gasteiger partial charge >= 0.3 is 0 Å². The molecule has 0 aromatic carbocycles. The smallest absolute Gasteiger partial charge is 0.0756 e. The molecule has 0 bridgehead atoms. The summed E-state index contributed by atoms with van der Waals surface area (Å²) in [4.78, 5) is 0. The molecule has 2 aliphatic carbocycles. The Morgan fingerprint density at radius 1 is 1.06 bits per heavy atom. The van der Waals surface area contributed by atoms with E-state index >= 15 is 0 Å². The van der Waals surface area contributed by atoms with E-state index in [1.807, 2.05) is 10.2 Å². The van der Waals surface area contributed by atoms with Gasteiger partial charge in [-0.1, -0.05) is 74.0 Å². The monoisotopic (exact) mass is 362 g/mol. The highest BCUT2D eigenvalue weighted by Gasteiger charge is 2.32. The third-order valence-corrected chi connectivity index (χ3v) is 5.39. The van der Waals surface area contributed by atoms with Crippen molar-refractivity contribution in [1.82, 2.24) is 0 Å². The average Bonchev–Trinajstić information content (AvgIpc) is 2.33. The van der Waals surface area contributed by atoms with Gasteiger partial charge in [0.1, 0.15) is 0 Å². The lowest BCUT2D eigenvalue weighted by Crippen LogP contribution is -2.32. The van der Waals surface area contributed by atoms with Crippen LogP contribution in [0.15, 0.2) is 10.2 Å². The van der Waals surface area contributed by atoms with Crippen LogP contribution in [0.1, 0.15) is 64.2 Å². The van der Waals surface area contributed by atoms with E-state index in [-0.39, 0.29) is 6.10 Å². The molecule has 1 nitrogen and oxygen atoms in total. The fourth-order valence-corrected chi connectivity index (χ4v) is 4.13. The van der Waals surface area contributed by atoms with Gasteiger partial charge in [0.15, 0.2) is 0 Å². The van der Waals surface area contributed by atoms with Gasteiger partial charge in [0, 0.05) is 0 Å². The van der Waals surface area contributed by atoms with E-state index in [1.165, 1.54) is 64.2 Å². The summed E-state index contributed by atoms with van der Waals surface area (Å²) in [7, 11) is 0. The predicted molar refractivity (Wildman–Crippen MR) is 85.8 cm³/mol.